The van der Waals surface area contributed by atoms with Crippen LogP contribution in [0.4, 0.5) is 4.39 Å². The highest BCUT2D eigenvalue weighted by Crippen LogP contribution is 2.43. The number of ether oxygens (including phenoxy) is 1. The molecule has 1 aromatic heterocycles. The SMILES string of the molecule is O=C(O[C@H]1C[N+]2(Cc3nnc(-c4ccccc4)o3)CCC1CC2)C1(c2cccc(F)c2)CCCCCC1.[Cl-]. The molecular formula is C30H35ClFN3O3. The smallest absolute Gasteiger partial charge is 0.317 e. The topological polar surface area (TPSA) is 65.2 Å². The summed E-state index contributed by atoms with van der Waals surface area (Å²) in [6.07, 6.45) is 7.46. The zero-order valence-electron chi connectivity index (χ0n) is 21.7. The largest absolute Gasteiger partial charge is 1.00 e. The van der Waals surface area contributed by atoms with Gasteiger partial charge in [-0.2, -0.15) is 0 Å². The van der Waals surface area contributed by atoms with Gasteiger partial charge in [-0.3, -0.25) is 4.79 Å². The van der Waals surface area contributed by atoms with Crippen LogP contribution in [0.5, 0.6) is 0 Å². The number of esters is 1. The molecule has 38 heavy (non-hydrogen) atoms. The van der Waals surface area contributed by atoms with Crippen LogP contribution in [0.1, 0.15) is 62.8 Å². The van der Waals surface area contributed by atoms with Crippen molar-refractivity contribution in [2.24, 2.45) is 5.92 Å². The number of carbonyl (C=O) groups is 1. The molecule has 3 saturated heterocycles. The summed E-state index contributed by atoms with van der Waals surface area (Å²) in [7, 11) is 0. The lowest BCUT2D eigenvalue weighted by Gasteiger charge is -2.51. The number of aromatic nitrogens is 2. The lowest BCUT2D eigenvalue weighted by Crippen LogP contribution is -3.00. The van der Waals surface area contributed by atoms with Gasteiger partial charge >= 0.3 is 5.97 Å². The van der Waals surface area contributed by atoms with Gasteiger partial charge in [-0.05, 0) is 42.7 Å². The minimum absolute atomic E-state index is 0. The zero-order chi connectivity index (χ0) is 25.3. The Balaban J connectivity index is 0.00000294. The molecule has 1 atom stereocenters. The first-order valence-electron chi connectivity index (χ1n) is 13.8. The fourth-order valence-electron chi connectivity index (χ4n) is 6.86. The summed E-state index contributed by atoms with van der Waals surface area (Å²) in [5.74, 6) is 1.08. The Morgan fingerprint density at radius 1 is 1.00 bits per heavy atom. The number of hydrogen-bond acceptors (Lipinski definition) is 5. The van der Waals surface area contributed by atoms with Crippen LogP contribution in [0.15, 0.2) is 59.0 Å². The van der Waals surface area contributed by atoms with E-state index in [2.05, 4.69) is 10.2 Å². The number of hydrogen-bond donors (Lipinski definition) is 0. The molecule has 202 valence electrons. The number of fused-ring (bicyclic) bond motifs is 3. The maximum Gasteiger partial charge on any atom is 0.317 e. The highest BCUT2D eigenvalue weighted by molar-refractivity contribution is 5.83. The number of carbonyl (C=O) groups excluding carboxylic acids is 1. The predicted octanol–water partition coefficient (Wildman–Crippen LogP) is 2.82. The van der Waals surface area contributed by atoms with E-state index in [0.717, 1.165) is 86.6 Å². The Morgan fingerprint density at radius 2 is 1.74 bits per heavy atom. The third-order valence-corrected chi connectivity index (χ3v) is 8.98. The van der Waals surface area contributed by atoms with Crippen molar-refractivity contribution in [1.82, 2.24) is 10.2 Å². The van der Waals surface area contributed by atoms with Crippen LogP contribution in [0, 0.1) is 11.7 Å². The molecule has 3 aromatic rings. The first-order valence-corrected chi connectivity index (χ1v) is 13.8. The normalized spacial score (nSPS) is 26.2. The zero-order valence-corrected chi connectivity index (χ0v) is 22.4. The number of halogens is 2. The van der Waals surface area contributed by atoms with E-state index in [9.17, 15) is 9.18 Å². The maximum atomic E-state index is 14.2. The van der Waals surface area contributed by atoms with Crippen LogP contribution in [-0.2, 0) is 21.5 Å². The Hall–Kier alpha value is -2.77. The minimum atomic E-state index is -0.757. The fraction of sp³-hybridized carbons (Fsp3) is 0.500. The minimum Gasteiger partial charge on any atom is -1.00 e. The third-order valence-electron chi connectivity index (χ3n) is 8.98. The molecule has 0 unspecified atom stereocenters. The van der Waals surface area contributed by atoms with Crippen molar-refractivity contribution in [2.75, 3.05) is 19.6 Å². The van der Waals surface area contributed by atoms with E-state index in [4.69, 9.17) is 9.15 Å². The second kappa shape index (κ2) is 11.1. The molecule has 8 heteroatoms. The Labute approximate surface area is 229 Å². The van der Waals surface area contributed by atoms with E-state index < -0.39 is 5.41 Å². The summed E-state index contributed by atoms with van der Waals surface area (Å²) in [5.41, 5.74) is 0.923. The van der Waals surface area contributed by atoms with Crippen LogP contribution in [0.3, 0.4) is 0 Å². The van der Waals surface area contributed by atoms with Gasteiger partial charge in [-0.1, -0.05) is 56.0 Å². The van der Waals surface area contributed by atoms with Crippen molar-refractivity contribution in [1.29, 1.82) is 0 Å². The van der Waals surface area contributed by atoms with Crippen LogP contribution in [0.25, 0.3) is 11.5 Å². The van der Waals surface area contributed by atoms with Gasteiger partial charge in [0, 0.05) is 24.3 Å². The highest BCUT2D eigenvalue weighted by atomic mass is 35.5. The first-order chi connectivity index (χ1) is 18.1. The van der Waals surface area contributed by atoms with Gasteiger partial charge in [0.15, 0.2) is 12.6 Å². The molecule has 0 spiro atoms. The molecular weight excluding hydrogens is 505 g/mol. The second-order valence-corrected chi connectivity index (χ2v) is 11.3. The maximum absolute atomic E-state index is 14.2. The van der Waals surface area contributed by atoms with Crippen LogP contribution >= 0.6 is 0 Å². The number of piperidine rings is 3. The van der Waals surface area contributed by atoms with E-state index in [0.29, 0.717) is 24.2 Å². The average molecular weight is 540 g/mol. The molecule has 4 heterocycles. The molecule has 1 aliphatic carbocycles. The number of quaternary nitrogens is 1. The molecule has 2 aromatic carbocycles. The number of rotatable bonds is 6. The van der Waals surface area contributed by atoms with Crippen molar-refractivity contribution < 1.29 is 35.2 Å². The van der Waals surface area contributed by atoms with Gasteiger partial charge in [0.2, 0.25) is 5.89 Å². The van der Waals surface area contributed by atoms with E-state index in [-0.39, 0.29) is 30.3 Å². The number of nitrogens with zero attached hydrogens (tertiary/aromatic N) is 3. The van der Waals surface area contributed by atoms with Crippen molar-refractivity contribution in [2.45, 2.75) is 69.4 Å². The molecule has 6 nitrogen and oxygen atoms in total. The monoisotopic (exact) mass is 539 g/mol. The van der Waals surface area contributed by atoms with Crippen LogP contribution in [-0.4, -0.2) is 46.4 Å². The first kappa shape index (κ1) is 26.8. The quantitative estimate of drug-likeness (QED) is 0.274. The summed E-state index contributed by atoms with van der Waals surface area (Å²) in [4.78, 5) is 14.0. The van der Waals surface area contributed by atoms with Gasteiger partial charge < -0.3 is 26.0 Å². The Bertz CT molecular complexity index is 1230. The lowest BCUT2D eigenvalue weighted by molar-refractivity contribution is -0.959. The second-order valence-electron chi connectivity index (χ2n) is 11.3. The van der Waals surface area contributed by atoms with Gasteiger partial charge in [0.25, 0.3) is 5.89 Å². The van der Waals surface area contributed by atoms with Gasteiger partial charge in [0.05, 0.1) is 18.5 Å². The van der Waals surface area contributed by atoms with E-state index >= 15 is 0 Å². The van der Waals surface area contributed by atoms with Crippen molar-refractivity contribution in [3.8, 4) is 11.5 Å². The van der Waals surface area contributed by atoms with Gasteiger partial charge in [-0.25, -0.2) is 4.39 Å². The molecule has 4 fully saturated rings. The summed E-state index contributed by atoms with van der Waals surface area (Å²) in [6, 6.07) is 16.4. The molecule has 3 aliphatic heterocycles. The predicted molar refractivity (Wildman–Crippen MR) is 137 cm³/mol. The van der Waals surface area contributed by atoms with Crippen LogP contribution in [0.2, 0.25) is 0 Å². The van der Waals surface area contributed by atoms with E-state index in [1.165, 1.54) is 12.1 Å². The number of benzene rings is 2. The summed E-state index contributed by atoms with van der Waals surface area (Å²) < 4.78 is 27.5. The summed E-state index contributed by atoms with van der Waals surface area (Å²) >= 11 is 0. The molecule has 7 rings (SSSR count). The summed E-state index contributed by atoms with van der Waals surface area (Å²) in [6.45, 7) is 3.46. The van der Waals surface area contributed by atoms with Crippen LogP contribution < -0.4 is 12.4 Å². The molecule has 1 saturated carbocycles. The molecule has 0 radical (unpaired) electrons. The average Bonchev–Trinajstić information content (AvgIpc) is 3.23. The van der Waals surface area contributed by atoms with E-state index in [1.54, 1.807) is 6.07 Å². The molecule has 0 amide bonds. The molecule has 2 bridgehead atoms. The standard InChI is InChI=1S/C30H35FN3O3.ClH/c31-25-12-8-11-24(19-25)30(15-6-1-2-7-16-30)29(35)36-26-20-34(17-13-22(26)14-18-34)21-27-32-33-28(37-27)23-9-4-3-5-10-23;/h3-5,8-12,19,22,26H,1-2,6-7,13-18,20-21H2;1H/q+1;/p-1/t22?,26-,34?;/m0./s1. The molecule has 0 N–H and O–H groups in total. The molecule has 4 aliphatic rings. The third kappa shape index (κ3) is 5.23. The Morgan fingerprint density at radius 3 is 2.45 bits per heavy atom. The Kier molecular flexibility index (Phi) is 7.87. The lowest BCUT2D eigenvalue weighted by atomic mass is 9.74. The fourth-order valence-corrected chi connectivity index (χ4v) is 6.86. The highest BCUT2D eigenvalue weighted by Gasteiger charge is 2.51. The van der Waals surface area contributed by atoms with E-state index in [1.807, 2.05) is 36.4 Å². The van der Waals surface area contributed by atoms with Gasteiger partial charge in [-0.15, -0.1) is 10.2 Å². The van der Waals surface area contributed by atoms with Crippen molar-refractivity contribution >= 4 is 5.97 Å². The van der Waals surface area contributed by atoms with Gasteiger partial charge in [0.1, 0.15) is 12.4 Å². The van der Waals surface area contributed by atoms with Crippen molar-refractivity contribution in [3.63, 3.8) is 0 Å². The summed E-state index contributed by atoms with van der Waals surface area (Å²) in [5, 5.41) is 8.62. The van der Waals surface area contributed by atoms with Crippen molar-refractivity contribution in [3.05, 3.63) is 71.9 Å².